The highest BCUT2D eigenvalue weighted by molar-refractivity contribution is 6.03. The number of benzene rings is 1. The molecule has 0 fully saturated rings. The van der Waals surface area contributed by atoms with Crippen molar-refractivity contribution in [3.63, 3.8) is 0 Å². The van der Waals surface area contributed by atoms with E-state index in [0.29, 0.717) is 17.9 Å². The summed E-state index contributed by atoms with van der Waals surface area (Å²) in [5.74, 6) is -1.82. The monoisotopic (exact) mass is 306 g/mol. The smallest absolute Gasteiger partial charge is 0.336 e. The lowest BCUT2D eigenvalue weighted by atomic mass is 9.86. The van der Waals surface area contributed by atoms with E-state index in [-0.39, 0.29) is 11.1 Å². The van der Waals surface area contributed by atoms with Crippen LogP contribution in [0.2, 0.25) is 0 Å². The number of carboxylic acid groups (broad SMARTS) is 2. The summed E-state index contributed by atoms with van der Waals surface area (Å²) in [6, 6.07) is 3.25. The zero-order valence-corrected chi connectivity index (χ0v) is 13.7. The summed E-state index contributed by atoms with van der Waals surface area (Å²) < 4.78 is 0. The number of hydrogen-bond donors (Lipinski definition) is 2. The fourth-order valence-corrected chi connectivity index (χ4v) is 2.83. The van der Waals surface area contributed by atoms with E-state index in [1.807, 2.05) is 6.92 Å². The Morgan fingerprint density at radius 3 is 2.14 bits per heavy atom. The summed E-state index contributed by atoms with van der Waals surface area (Å²) in [5, 5.41) is 18.8. The van der Waals surface area contributed by atoms with E-state index in [4.69, 9.17) is 0 Å². The molecular formula is C18H26O4. The van der Waals surface area contributed by atoms with Gasteiger partial charge in [0.2, 0.25) is 0 Å². The first-order valence-corrected chi connectivity index (χ1v) is 8.07. The molecule has 1 rings (SSSR count). The molecule has 0 saturated carbocycles. The predicted octanol–water partition coefficient (Wildman–Crippen LogP) is 4.40. The maximum atomic E-state index is 11.6. The Balaban J connectivity index is 3.39. The number of carbonyl (C=O) groups is 2. The lowest BCUT2D eigenvalue weighted by molar-refractivity contribution is 0.0650. The van der Waals surface area contributed by atoms with Crippen LogP contribution in [0.5, 0.6) is 0 Å². The molecule has 0 aromatic heterocycles. The number of carboxylic acids is 2. The molecule has 0 amide bonds. The van der Waals surface area contributed by atoms with Gasteiger partial charge in [0.15, 0.2) is 0 Å². The molecule has 0 aliphatic rings. The molecule has 0 bridgehead atoms. The lowest BCUT2D eigenvalue weighted by Gasteiger charge is -2.18. The van der Waals surface area contributed by atoms with Gasteiger partial charge in [-0.25, -0.2) is 9.59 Å². The van der Waals surface area contributed by atoms with Gasteiger partial charge in [-0.05, 0) is 42.4 Å². The molecule has 0 aliphatic carbocycles. The van der Waals surface area contributed by atoms with Gasteiger partial charge in [0.1, 0.15) is 0 Å². The van der Waals surface area contributed by atoms with Crippen LogP contribution < -0.4 is 0 Å². The van der Waals surface area contributed by atoms with Gasteiger partial charge in [-0.3, -0.25) is 0 Å². The highest BCUT2D eigenvalue weighted by Gasteiger charge is 2.23. The van der Waals surface area contributed by atoms with Crippen molar-refractivity contribution < 1.29 is 19.8 Å². The number of aromatic carboxylic acids is 2. The maximum absolute atomic E-state index is 11.6. The molecule has 0 saturated heterocycles. The molecule has 4 nitrogen and oxygen atoms in total. The Kier molecular flexibility index (Phi) is 7.09. The predicted molar refractivity (Wildman–Crippen MR) is 86.7 cm³/mol. The summed E-state index contributed by atoms with van der Waals surface area (Å²) in [6.45, 7) is 6.30. The summed E-state index contributed by atoms with van der Waals surface area (Å²) >= 11 is 0. The van der Waals surface area contributed by atoms with E-state index < -0.39 is 11.9 Å². The topological polar surface area (TPSA) is 74.6 Å². The molecule has 4 heteroatoms. The van der Waals surface area contributed by atoms with Gasteiger partial charge in [-0.15, -0.1) is 0 Å². The van der Waals surface area contributed by atoms with E-state index in [2.05, 4.69) is 13.8 Å². The largest absolute Gasteiger partial charge is 0.478 e. The third-order valence-corrected chi connectivity index (χ3v) is 4.30. The van der Waals surface area contributed by atoms with Crippen LogP contribution in [-0.4, -0.2) is 22.2 Å². The minimum Gasteiger partial charge on any atom is -0.478 e. The normalized spacial score (nSPS) is 10.9. The highest BCUT2D eigenvalue weighted by Crippen LogP contribution is 2.26. The maximum Gasteiger partial charge on any atom is 0.336 e. The fraction of sp³-hybridized carbons (Fsp3) is 0.556. The van der Waals surface area contributed by atoms with Crippen molar-refractivity contribution in [3.8, 4) is 0 Å². The van der Waals surface area contributed by atoms with Gasteiger partial charge in [0, 0.05) is 0 Å². The quantitative estimate of drug-likeness (QED) is 0.709. The van der Waals surface area contributed by atoms with Gasteiger partial charge in [-0.1, -0.05) is 46.1 Å². The first kappa shape index (κ1) is 18.2. The average Bonchev–Trinajstić information content (AvgIpc) is 2.49. The molecule has 22 heavy (non-hydrogen) atoms. The summed E-state index contributed by atoms with van der Waals surface area (Å²) in [4.78, 5) is 23.0. The first-order chi connectivity index (χ1) is 10.5. The van der Waals surface area contributed by atoms with Crippen LogP contribution in [0.25, 0.3) is 0 Å². The van der Waals surface area contributed by atoms with E-state index >= 15 is 0 Å². The Bertz CT molecular complexity index is 530. The highest BCUT2D eigenvalue weighted by atomic mass is 16.4. The van der Waals surface area contributed by atoms with Crippen LogP contribution in [0.3, 0.4) is 0 Å². The van der Waals surface area contributed by atoms with Gasteiger partial charge in [0.25, 0.3) is 0 Å². The minimum absolute atomic E-state index is 0.0237. The molecular weight excluding hydrogens is 280 g/mol. The Labute approximate surface area is 132 Å². The van der Waals surface area contributed by atoms with Gasteiger partial charge >= 0.3 is 11.9 Å². The van der Waals surface area contributed by atoms with Crippen molar-refractivity contribution in [1.82, 2.24) is 0 Å². The number of unbranched alkanes of at least 4 members (excludes halogenated alkanes) is 1. The van der Waals surface area contributed by atoms with Gasteiger partial charge < -0.3 is 10.2 Å². The van der Waals surface area contributed by atoms with Crippen molar-refractivity contribution in [2.24, 2.45) is 5.92 Å². The van der Waals surface area contributed by atoms with Crippen molar-refractivity contribution >= 4 is 11.9 Å². The molecule has 0 radical (unpaired) electrons. The van der Waals surface area contributed by atoms with Crippen molar-refractivity contribution in [2.45, 2.75) is 59.3 Å². The van der Waals surface area contributed by atoms with Crippen LogP contribution in [0.1, 0.15) is 78.3 Å². The third kappa shape index (κ3) is 4.33. The molecule has 1 aromatic rings. The lowest BCUT2D eigenvalue weighted by Crippen LogP contribution is -2.15. The molecule has 1 aromatic carbocycles. The molecule has 0 unspecified atom stereocenters. The fourth-order valence-electron chi connectivity index (χ4n) is 2.83. The zero-order chi connectivity index (χ0) is 16.7. The van der Waals surface area contributed by atoms with E-state index in [1.54, 1.807) is 6.07 Å². The van der Waals surface area contributed by atoms with Crippen LogP contribution in [0.15, 0.2) is 12.1 Å². The molecule has 122 valence electrons. The zero-order valence-electron chi connectivity index (χ0n) is 13.7. The van der Waals surface area contributed by atoms with E-state index in [9.17, 15) is 19.8 Å². The van der Waals surface area contributed by atoms with E-state index in [1.165, 1.54) is 6.07 Å². The number of rotatable bonds is 9. The second-order valence-electron chi connectivity index (χ2n) is 5.73. The Hall–Kier alpha value is -1.84. The van der Waals surface area contributed by atoms with Crippen molar-refractivity contribution in [1.29, 1.82) is 0 Å². The first-order valence-electron chi connectivity index (χ1n) is 8.07. The SMILES string of the molecule is CCCCc1c(CC(CC)CC)ccc(C(=O)O)c1C(=O)O. The van der Waals surface area contributed by atoms with Crippen LogP contribution in [-0.2, 0) is 12.8 Å². The van der Waals surface area contributed by atoms with Crippen molar-refractivity contribution in [3.05, 3.63) is 34.4 Å². The molecule has 0 heterocycles. The minimum atomic E-state index is -1.18. The molecule has 2 N–H and O–H groups in total. The van der Waals surface area contributed by atoms with Crippen LogP contribution in [0.4, 0.5) is 0 Å². The molecule has 0 spiro atoms. The Morgan fingerprint density at radius 2 is 1.68 bits per heavy atom. The Morgan fingerprint density at radius 1 is 1.05 bits per heavy atom. The summed E-state index contributed by atoms with van der Waals surface area (Å²) in [6.07, 6.45) is 5.31. The second-order valence-corrected chi connectivity index (χ2v) is 5.73. The van der Waals surface area contributed by atoms with Crippen molar-refractivity contribution in [2.75, 3.05) is 0 Å². The molecule has 0 atom stereocenters. The van der Waals surface area contributed by atoms with Gasteiger partial charge in [-0.2, -0.15) is 0 Å². The summed E-state index contributed by atoms with van der Waals surface area (Å²) in [7, 11) is 0. The van der Waals surface area contributed by atoms with E-state index in [0.717, 1.165) is 37.7 Å². The number of hydrogen-bond acceptors (Lipinski definition) is 2. The second kappa shape index (κ2) is 8.57. The standard InChI is InChI=1S/C18H26O4/c1-4-7-8-14-13(11-12(5-2)6-3)9-10-15(17(19)20)16(14)18(21)22/h9-10,12H,4-8,11H2,1-3H3,(H,19,20)(H,21,22). The van der Waals surface area contributed by atoms with Gasteiger partial charge in [0.05, 0.1) is 11.1 Å². The summed E-state index contributed by atoms with van der Waals surface area (Å²) in [5.41, 5.74) is 1.57. The third-order valence-electron chi connectivity index (χ3n) is 4.30. The van der Waals surface area contributed by atoms with Crippen LogP contribution >= 0.6 is 0 Å². The average molecular weight is 306 g/mol. The van der Waals surface area contributed by atoms with Crippen LogP contribution in [0, 0.1) is 5.92 Å². The molecule has 0 aliphatic heterocycles.